The lowest BCUT2D eigenvalue weighted by atomic mass is 10.1. The number of carbonyl (C=O) groups excluding carboxylic acids is 2. The van der Waals surface area contributed by atoms with Crippen molar-refractivity contribution in [2.24, 2.45) is 5.92 Å². The minimum Gasteiger partial charge on any atom is -0.496 e. The molecule has 0 saturated carbocycles. The number of hydrogen-bond donors (Lipinski definition) is 3. The number of methoxy groups -OCH3 is 1. The third kappa shape index (κ3) is 6.28. The molecule has 1 unspecified atom stereocenters. The third-order valence-electron chi connectivity index (χ3n) is 5.54. The molecule has 1 fully saturated rings. The van der Waals surface area contributed by atoms with Crippen molar-refractivity contribution in [2.45, 2.75) is 12.8 Å². The highest BCUT2D eigenvalue weighted by Gasteiger charge is 2.23. The summed E-state index contributed by atoms with van der Waals surface area (Å²) in [5, 5.41) is 6.66. The second kappa shape index (κ2) is 11.4. The fraction of sp³-hybridized carbons (Fsp3) is 0.391. The summed E-state index contributed by atoms with van der Waals surface area (Å²) in [5.41, 5.74) is 7.01. The van der Waals surface area contributed by atoms with Gasteiger partial charge in [0.2, 0.25) is 0 Å². The van der Waals surface area contributed by atoms with Crippen LogP contribution in [0.15, 0.2) is 36.4 Å². The maximum Gasteiger partial charge on any atom is 0.255 e. The van der Waals surface area contributed by atoms with E-state index in [-0.39, 0.29) is 11.8 Å². The van der Waals surface area contributed by atoms with Crippen molar-refractivity contribution < 1.29 is 14.3 Å². The Morgan fingerprint density at radius 1 is 1.12 bits per heavy atom. The highest BCUT2D eigenvalue weighted by Crippen LogP contribution is 2.29. The van der Waals surface area contributed by atoms with Gasteiger partial charge in [0.1, 0.15) is 5.75 Å². The van der Waals surface area contributed by atoms with Gasteiger partial charge in [-0.2, -0.15) is 0 Å². The van der Waals surface area contributed by atoms with Crippen LogP contribution in [0.5, 0.6) is 5.75 Å². The molecule has 0 radical (unpaired) electrons. The van der Waals surface area contributed by atoms with Gasteiger partial charge in [0.15, 0.2) is 0 Å². The minimum absolute atomic E-state index is 0.157. The van der Waals surface area contributed by atoms with Crippen molar-refractivity contribution in [1.82, 2.24) is 15.5 Å². The number of nitrogens with two attached hydrogens (primary N) is 1. The van der Waals surface area contributed by atoms with Crippen molar-refractivity contribution in [3.8, 4) is 5.75 Å². The van der Waals surface area contributed by atoms with Crippen LogP contribution in [-0.2, 0) is 0 Å². The second-order valence-corrected chi connectivity index (χ2v) is 8.64. The van der Waals surface area contributed by atoms with E-state index >= 15 is 0 Å². The van der Waals surface area contributed by atoms with E-state index in [1.807, 2.05) is 0 Å². The quantitative estimate of drug-likeness (QED) is 0.378. The third-order valence-corrected chi connectivity index (χ3v) is 6.20. The first-order valence-corrected chi connectivity index (χ1v) is 11.3. The molecule has 4 N–H and O–H groups in total. The fourth-order valence-electron chi connectivity index (χ4n) is 3.78. The van der Waals surface area contributed by atoms with Gasteiger partial charge in [-0.15, -0.1) is 0 Å². The largest absolute Gasteiger partial charge is 0.496 e. The molecule has 9 heteroatoms. The topological polar surface area (TPSA) is 96.7 Å². The molecule has 0 aromatic heterocycles. The summed E-state index contributed by atoms with van der Waals surface area (Å²) < 4.78 is 5.25. The van der Waals surface area contributed by atoms with Crippen molar-refractivity contribution >= 4 is 40.7 Å². The maximum atomic E-state index is 12.6. The van der Waals surface area contributed by atoms with Gasteiger partial charge in [0, 0.05) is 25.7 Å². The molecule has 1 aliphatic heterocycles. The number of likely N-dealkylation sites (tertiary alicyclic amines) is 1. The number of halogens is 2. The zero-order valence-corrected chi connectivity index (χ0v) is 19.5. The van der Waals surface area contributed by atoms with E-state index in [0.717, 1.165) is 32.5 Å². The summed E-state index contributed by atoms with van der Waals surface area (Å²) in [5.74, 6) is 0.378. The van der Waals surface area contributed by atoms with Gasteiger partial charge in [-0.3, -0.25) is 9.59 Å². The molecule has 7 nitrogen and oxygen atoms in total. The number of carbonyl (C=O) groups is 2. The Kier molecular flexibility index (Phi) is 8.61. The van der Waals surface area contributed by atoms with Crippen molar-refractivity contribution in [2.75, 3.05) is 45.6 Å². The summed E-state index contributed by atoms with van der Waals surface area (Å²) in [4.78, 5) is 27.1. The molecule has 32 heavy (non-hydrogen) atoms. The maximum absolute atomic E-state index is 12.6. The van der Waals surface area contributed by atoms with Crippen LogP contribution in [0.1, 0.15) is 33.6 Å². The Labute approximate surface area is 198 Å². The number of nitrogen functional groups attached to an aromatic ring is 1. The molecule has 2 aromatic carbocycles. The monoisotopic (exact) mass is 478 g/mol. The number of hydrogen-bond acceptors (Lipinski definition) is 5. The van der Waals surface area contributed by atoms with E-state index in [2.05, 4.69) is 15.5 Å². The van der Waals surface area contributed by atoms with Crippen molar-refractivity contribution in [3.63, 3.8) is 0 Å². The molecule has 0 bridgehead atoms. The summed E-state index contributed by atoms with van der Waals surface area (Å²) in [6.07, 6.45) is 1.85. The highest BCUT2D eigenvalue weighted by atomic mass is 35.5. The molecule has 3 rings (SSSR count). The number of nitrogens with zero attached hydrogens (tertiary/aromatic N) is 1. The van der Waals surface area contributed by atoms with Gasteiger partial charge in [-0.25, -0.2) is 0 Å². The molecule has 1 atom stereocenters. The number of ether oxygens (including phenoxy) is 1. The zero-order chi connectivity index (χ0) is 23.1. The number of anilines is 1. The van der Waals surface area contributed by atoms with Crippen LogP contribution in [0.3, 0.4) is 0 Å². The normalized spacial score (nSPS) is 16.0. The highest BCUT2D eigenvalue weighted by molar-refractivity contribution is 6.34. The molecule has 0 spiro atoms. The smallest absolute Gasteiger partial charge is 0.255 e. The van der Waals surface area contributed by atoms with Crippen molar-refractivity contribution in [3.05, 3.63) is 57.6 Å². The molecular formula is C23H28Cl2N4O3. The standard InChI is InChI=1S/C23H28Cl2N4O3/c1-32-21-12-20(26)19(25)11-17(21)23(31)28-13-15-7-10-29(14-15)9-4-8-27-22(30)16-5-2-3-6-18(16)24/h2-3,5-6,11-12,15H,4,7-10,13-14,26H2,1H3,(H,27,30)(H,28,31). The molecule has 1 aliphatic rings. The number of nitrogens with one attached hydrogen (secondary N) is 2. The first-order valence-electron chi connectivity index (χ1n) is 10.5. The summed E-state index contributed by atoms with van der Waals surface area (Å²) in [6, 6.07) is 10.1. The SMILES string of the molecule is COc1cc(N)c(Cl)cc1C(=O)NCC1CCN(CCCNC(=O)c2ccccc2Cl)C1. The van der Waals surface area contributed by atoms with Gasteiger partial charge in [0.05, 0.1) is 34.0 Å². The fourth-order valence-corrected chi connectivity index (χ4v) is 4.16. The summed E-state index contributed by atoms with van der Waals surface area (Å²) >= 11 is 12.1. The Hall–Kier alpha value is -2.48. The zero-order valence-electron chi connectivity index (χ0n) is 18.0. The first-order chi connectivity index (χ1) is 15.4. The van der Waals surface area contributed by atoms with Crippen LogP contribution in [0.4, 0.5) is 5.69 Å². The van der Waals surface area contributed by atoms with Crippen LogP contribution < -0.4 is 21.1 Å². The predicted octanol–water partition coefficient (Wildman–Crippen LogP) is 3.46. The van der Waals surface area contributed by atoms with Gasteiger partial charge in [-0.05, 0) is 50.0 Å². The van der Waals surface area contributed by atoms with Gasteiger partial charge in [-0.1, -0.05) is 35.3 Å². The Balaban J connectivity index is 1.38. The van der Waals surface area contributed by atoms with Crippen LogP contribution in [0.25, 0.3) is 0 Å². The minimum atomic E-state index is -0.232. The van der Waals surface area contributed by atoms with E-state index in [1.165, 1.54) is 13.2 Å². The Morgan fingerprint density at radius 2 is 1.88 bits per heavy atom. The lowest BCUT2D eigenvalue weighted by Gasteiger charge is -2.17. The predicted molar refractivity (Wildman–Crippen MR) is 128 cm³/mol. The average Bonchev–Trinajstić information content (AvgIpc) is 3.24. The second-order valence-electron chi connectivity index (χ2n) is 7.83. The van der Waals surface area contributed by atoms with Crippen LogP contribution >= 0.6 is 23.2 Å². The number of benzene rings is 2. The van der Waals surface area contributed by atoms with Gasteiger partial charge < -0.3 is 26.0 Å². The Bertz CT molecular complexity index is 970. The summed E-state index contributed by atoms with van der Waals surface area (Å²) in [7, 11) is 1.49. The summed E-state index contributed by atoms with van der Waals surface area (Å²) in [6.45, 7) is 3.91. The molecule has 0 aliphatic carbocycles. The molecule has 2 amide bonds. The lowest BCUT2D eigenvalue weighted by molar-refractivity contribution is 0.0940. The average molecular weight is 479 g/mol. The van der Waals surface area contributed by atoms with E-state index in [1.54, 1.807) is 30.3 Å². The van der Waals surface area contributed by atoms with Crippen LogP contribution in [0, 0.1) is 5.92 Å². The Morgan fingerprint density at radius 3 is 2.62 bits per heavy atom. The number of rotatable bonds is 9. The first kappa shape index (κ1) is 24.2. The molecular weight excluding hydrogens is 451 g/mol. The van der Waals surface area contributed by atoms with Crippen LogP contribution in [0.2, 0.25) is 10.0 Å². The molecule has 172 valence electrons. The molecule has 1 heterocycles. The van der Waals surface area contributed by atoms with Crippen molar-refractivity contribution in [1.29, 1.82) is 0 Å². The lowest BCUT2D eigenvalue weighted by Crippen LogP contribution is -2.32. The van der Waals surface area contributed by atoms with E-state index in [0.29, 0.717) is 51.6 Å². The van der Waals surface area contributed by atoms with Crippen LogP contribution in [-0.4, -0.2) is 56.5 Å². The van der Waals surface area contributed by atoms with E-state index < -0.39 is 0 Å². The van der Waals surface area contributed by atoms with Gasteiger partial charge >= 0.3 is 0 Å². The molecule has 1 saturated heterocycles. The van der Waals surface area contributed by atoms with E-state index in [9.17, 15) is 9.59 Å². The van der Waals surface area contributed by atoms with E-state index in [4.69, 9.17) is 33.7 Å². The molecule has 2 aromatic rings. The van der Waals surface area contributed by atoms with Gasteiger partial charge in [0.25, 0.3) is 11.8 Å². The number of amides is 2.